The van der Waals surface area contributed by atoms with Crippen LogP contribution in [0.25, 0.3) is 0 Å². The molecule has 0 unspecified atom stereocenters. The molecule has 5 heteroatoms. The van der Waals surface area contributed by atoms with Gasteiger partial charge in [-0.1, -0.05) is 15.9 Å². The van der Waals surface area contributed by atoms with Gasteiger partial charge < -0.3 is 9.84 Å². The van der Waals surface area contributed by atoms with E-state index in [0.29, 0.717) is 12.4 Å². The van der Waals surface area contributed by atoms with Crippen LogP contribution in [0.15, 0.2) is 28.7 Å². The molecule has 0 radical (unpaired) electrons. The van der Waals surface area contributed by atoms with Crippen molar-refractivity contribution in [3.05, 3.63) is 45.7 Å². The molecule has 4 nitrogen and oxygen atoms in total. The molecule has 1 N–H and O–H groups in total. The molecule has 2 aromatic rings. The molecule has 0 saturated heterocycles. The second kappa shape index (κ2) is 5.75. The van der Waals surface area contributed by atoms with Crippen molar-refractivity contribution >= 4 is 15.9 Å². The quantitative estimate of drug-likeness (QED) is 0.939. The molecule has 0 aliphatic heterocycles. The minimum atomic E-state index is -0.569. The van der Waals surface area contributed by atoms with E-state index in [1.165, 1.54) is 0 Å². The summed E-state index contributed by atoms with van der Waals surface area (Å²) in [7, 11) is 1.89. The molecule has 1 aromatic carbocycles. The fraction of sp³-hybridized carbons (Fsp3) is 0.357. The number of aromatic nitrogens is 2. The number of aliphatic hydroxyl groups excluding tert-OH is 1. The lowest BCUT2D eigenvalue weighted by atomic mass is 10.1. The number of nitrogens with zero attached hydrogens (tertiary/aromatic N) is 2. The number of benzene rings is 1. The molecule has 1 aromatic heterocycles. The van der Waals surface area contributed by atoms with Gasteiger partial charge in [0, 0.05) is 17.1 Å². The van der Waals surface area contributed by atoms with Crippen molar-refractivity contribution in [2.24, 2.45) is 7.05 Å². The first-order chi connectivity index (χ1) is 8.97. The van der Waals surface area contributed by atoms with Gasteiger partial charge in [0.05, 0.1) is 17.5 Å². The molecule has 0 saturated carbocycles. The van der Waals surface area contributed by atoms with Gasteiger partial charge in [0.25, 0.3) is 0 Å². The summed E-state index contributed by atoms with van der Waals surface area (Å²) in [6, 6.07) is 7.61. The average Bonchev–Trinajstić information content (AvgIpc) is 2.66. The minimum Gasteiger partial charge on any atom is -0.487 e. The summed E-state index contributed by atoms with van der Waals surface area (Å²) in [6.07, 6.45) is -0.569. The van der Waals surface area contributed by atoms with Crippen LogP contribution in [-0.4, -0.2) is 14.9 Å². The van der Waals surface area contributed by atoms with Gasteiger partial charge >= 0.3 is 0 Å². The van der Waals surface area contributed by atoms with E-state index in [1.54, 1.807) is 11.6 Å². The Morgan fingerprint density at radius 1 is 1.42 bits per heavy atom. The lowest BCUT2D eigenvalue weighted by Gasteiger charge is -2.14. The van der Waals surface area contributed by atoms with Crippen LogP contribution in [0.4, 0.5) is 0 Å². The van der Waals surface area contributed by atoms with E-state index in [-0.39, 0.29) is 0 Å². The molecule has 0 amide bonds. The molecular formula is C14H17BrN2O2. The van der Waals surface area contributed by atoms with Crippen LogP contribution in [0.3, 0.4) is 0 Å². The molecule has 102 valence electrons. The van der Waals surface area contributed by atoms with Gasteiger partial charge in [0.1, 0.15) is 12.4 Å². The molecule has 1 atom stereocenters. The van der Waals surface area contributed by atoms with Gasteiger partial charge in [-0.05, 0) is 38.1 Å². The van der Waals surface area contributed by atoms with Crippen LogP contribution in [0.5, 0.6) is 5.75 Å². The second-order valence-corrected chi connectivity index (χ2v) is 5.46. The van der Waals surface area contributed by atoms with Gasteiger partial charge in [-0.25, -0.2) is 0 Å². The zero-order valence-electron chi connectivity index (χ0n) is 11.2. The minimum absolute atomic E-state index is 0.429. The summed E-state index contributed by atoms with van der Waals surface area (Å²) in [6.45, 7) is 4.10. The number of halogens is 1. The third-order valence-corrected chi connectivity index (χ3v) is 3.39. The van der Waals surface area contributed by atoms with Gasteiger partial charge in [-0.2, -0.15) is 5.10 Å². The predicted molar refractivity (Wildman–Crippen MR) is 77.1 cm³/mol. The van der Waals surface area contributed by atoms with E-state index in [0.717, 1.165) is 21.4 Å². The van der Waals surface area contributed by atoms with Crippen molar-refractivity contribution in [1.29, 1.82) is 0 Å². The van der Waals surface area contributed by atoms with E-state index in [1.807, 2.05) is 38.2 Å². The molecule has 1 heterocycles. The highest BCUT2D eigenvalue weighted by atomic mass is 79.9. The topological polar surface area (TPSA) is 47.3 Å². The Labute approximate surface area is 121 Å². The lowest BCUT2D eigenvalue weighted by Crippen LogP contribution is -2.05. The summed E-state index contributed by atoms with van der Waals surface area (Å²) >= 11 is 3.39. The first kappa shape index (κ1) is 14.1. The highest BCUT2D eigenvalue weighted by molar-refractivity contribution is 9.10. The molecule has 0 aliphatic rings. The molecule has 2 rings (SSSR count). The fourth-order valence-electron chi connectivity index (χ4n) is 1.93. The molecule has 0 aliphatic carbocycles. The summed E-state index contributed by atoms with van der Waals surface area (Å²) in [4.78, 5) is 0. The predicted octanol–water partition coefficient (Wildman–Crippen LogP) is 3.12. The van der Waals surface area contributed by atoms with Crippen LogP contribution in [0.1, 0.15) is 30.0 Å². The van der Waals surface area contributed by atoms with Gasteiger partial charge in [0.2, 0.25) is 0 Å². The van der Waals surface area contributed by atoms with Crippen LogP contribution in [0, 0.1) is 6.92 Å². The van der Waals surface area contributed by atoms with Crippen molar-refractivity contribution < 1.29 is 9.84 Å². The van der Waals surface area contributed by atoms with Gasteiger partial charge in [0.15, 0.2) is 0 Å². The number of aryl methyl sites for hydroxylation is 2. The standard InChI is InChI=1S/C14H17BrN2O2/c1-9-6-12(17(3)16-9)8-19-14-5-4-11(15)7-13(14)10(2)18/h4-7,10,18H,8H2,1-3H3/t10-/m0/s1. The molecule has 0 spiro atoms. The Kier molecular flexibility index (Phi) is 4.27. The van der Waals surface area contributed by atoms with Crippen molar-refractivity contribution in [1.82, 2.24) is 9.78 Å². The van der Waals surface area contributed by atoms with Crippen LogP contribution < -0.4 is 4.74 Å². The average molecular weight is 325 g/mol. The van der Waals surface area contributed by atoms with E-state index in [4.69, 9.17) is 4.74 Å². The largest absolute Gasteiger partial charge is 0.487 e. The fourth-order valence-corrected chi connectivity index (χ4v) is 2.31. The van der Waals surface area contributed by atoms with Crippen molar-refractivity contribution in [2.75, 3.05) is 0 Å². The highest BCUT2D eigenvalue weighted by Gasteiger charge is 2.11. The van der Waals surface area contributed by atoms with Gasteiger partial charge in [-0.15, -0.1) is 0 Å². The Bertz CT molecular complexity index is 579. The number of hydrogen-bond acceptors (Lipinski definition) is 3. The third-order valence-electron chi connectivity index (χ3n) is 2.90. The zero-order valence-corrected chi connectivity index (χ0v) is 12.8. The zero-order chi connectivity index (χ0) is 14.0. The SMILES string of the molecule is Cc1cc(COc2ccc(Br)cc2[C@H](C)O)n(C)n1. The van der Waals surface area contributed by atoms with E-state index < -0.39 is 6.10 Å². The Hall–Kier alpha value is -1.33. The Morgan fingerprint density at radius 3 is 2.74 bits per heavy atom. The van der Waals surface area contributed by atoms with Gasteiger partial charge in [-0.3, -0.25) is 4.68 Å². The van der Waals surface area contributed by atoms with E-state index >= 15 is 0 Å². The Morgan fingerprint density at radius 2 is 2.16 bits per heavy atom. The second-order valence-electron chi connectivity index (χ2n) is 4.55. The lowest BCUT2D eigenvalue weighted by molar-refractivity contribution is 0.189. The normalized spacial score (nSPS) is 12.5. The van der Waals surface area contributed by atoms with Crippen molar-refractivity contribution in [2.45, 2.75) is 26.6 Å². The number of rotatable bonds is 4. The Balaban J connectivity index is 2.17. The van der Waals surface area contributed by atoms with E-state index in [9.17, 15) is 5.11 Å². The van der Waals surface area contributed by atoms with Crippen molar-refractivity contribution in [3.8, 4) is 5.75 Å². The molecule has 19 heavy (non-hydrogen) atoms. The first-order valence-corrected chi connectivity index (χ1v) is 6.86. The summed E-state index contributed by atoms with van der Waals surface area (Å²) in [5, 5.41) is 14.0. The van der Waals surface area contributed by atoms with Crippen LogP contribution in [0.2, 0.25) is 0 Å². The summed E-state index contributed by atoms with van der Waals surface area (Å²) < 4.78 is 8.52. The highest BCUT2D eigenvalue weighted by Crippen LogP contribution is 2.29. The first-order valence-electron chi connectivity index (χ1n) is 6.07. The smallest absolute Gasteiger partial charge is 0.130 e. The molecule has 0 fully saturated rings. The monoisotopic (exact) mass is 324 g/mol. The summed E-state index contributed by atoms with van der Waals surface area (Å²) in [5.41, 5.74) is 2.73. The van der Waals surface area contributed by atoms with Crippen LogP contribution >= 0.6 is 15.9 Å². The number of ether oxygens (including phenoxy) is 1. The third kappa shape index (κ3) is 3.36. The van der Waals surface area contributed by atoms with E-state index in [2.05, 4.69) is 21.0 Å². The van der Waals surface area contributed by atoms with Crippen LogP contribution in [-0.2, 0) is 13.7 Å². The maximum Gasteiger partial charge on any atom is 0.130 e. The molecule has 0 bridgehead atoms. The maximum atomic E-state index is 9.77. The number of aliphatic hydroxyl groups is 1. The number of hydrogen-bond donors (Lipinski definition) is 1. The van der Waals surface area contributed by atoms with Crippen molar-refractivity contribution in [3.63, 3.8) is 0 Å². The summed E-state index contributed by atoms with van der Waals surface area (Å²) in [5.74, 6) is 0.692. The molecular weight excluding hydrogens is 308 g/mol. The maximum absolute atomic E-state index is 9.77.